The molecule has 1 heterocycles. The normalized spacial score (nSPS) is 19.6. The van der Waals surface area contributed by atoms with Crippen molar-refractivity contribution in [2.24, 2.45) is 0 Å². The summed E-state index contributed by atoms with van der Waals surface area (Å²) in [6, 6.07) is 3.96. The van der Waals surface area contributed by atoms with Crippen LogP contribution < -0.4 is 4.90 Å². The summed E-state index contributed by atoms with van der Waals surface area (Å²) >= 11 is 0. The third-order valence-electron chi connectivity index (χ3n) is 4.63. The van der Waals surface area contributed by atoms with Crippen LogP contribution in [0.25, 0.3) is 0 Å². The van der Waals surface area contributed by atoms with E-state index in [0.717, 1.165) is 38.3 Å². The van der Waals surface area contributed by atoms with Crippen LogP contribution in [0.5, 0.6) is 0 Å². The zero-order valence-corrected chi connectivity index (χ0v) is 13.6. The second-order valence-corrected chi connectivity index (χ2v) is 6.12. The molecule has 118 valence electrons. The van der Waals surface area contributed by atoms with E-state index in [1.165, 1.54) is 6.07 Å². The number of benzene rings is 1. The van der Waals surface area contributed by atoms with Gasteiger partial charge in [-0.05, 0) is 44.9 Å². The zero-order valence-electron chi connectivity index (χ0n) is 13.6. The topological polar surface area (TPSA) is 26.7 Å². The summed E-state index contributed by atoms with van der Waals surface area (Å²) in [6.45, 7) is 11.8. The van der Waals surface area contributed by atoms with Gasteiger partial charge in [0.05, 0.1) is 6.10 Å². The maximum absolute atomic E-state index is 13.8. The smallest absolute Gasteiger partial charge is 0.126 e. The van der Waals surface area contributed by atoms with E-state index in [2.05, 4.69) is 23.6 Å². The molecule has 1 aliphatic rings. The van der Waals surface area contributed by atoms with E-state index in [9.17, 15) is 9.50 Å². The Bertz CT molecular complexity index is 482. The number of hydrogen-bond acceptors (Lipinski definition) is 3. The molecule has 0 aliphatic carbocycles. The molecule has 0 spiro atoms. The molecule has 2 atom stereocenters. The molecule has 0 amide bonds. The fourth-order valence-electron chi connectivity index (χ4n) is 2.95. The Balaban J connectivity index is 2.18. The van der Waals surface area contributed by atoms with Gasteiger partial charge in [-0.2, -0.15) is 0 Å². The van der Waals surface area contributed by atoms with Gasteiger partial charge < -0.3 is 10.0 Å². The number of anilines is 1. The summed E-state index contributed by atoms with van der Waals surface area (Å²) in [5.41, 5.74) is 2.31. The SMILES string of the molecule is CCC(C)N1CCN(c2cc(C)c(F)cc2[C@@H](C)O)CC1. The third kappa shape index (κ3) is 3.55. The molecule has 1 fully saturated rings. The van der Waals surface area contributed by atoms with E-state index < -0.39 is 6.10 Å². The lowest BCUT2D eigenvalue weighted by atomic mass is 10.0. The largest absolute Gasteiger partial charge is 0.389 e. The first-order chi connectivity index (χ1) is 9.93. The first-order valence-corrected chi connectivity index (χ1v) is 7.91. The Hall–Kier alpha value is -1.13. The van der Waals surface area contributed by atoms with Crippen molar-refractivity contribution < 1.29 is 9.50 Å². The van der Waals surface area contributed by atoms with Crippen molar-refractivity contribution in [3.8, 4) is 0 Å². The fraction of sp³-hybridized carbons (Fsp3) is 0.647. The minimum Gasteiger partial charge on any atom is -0.389 e. The minimum atomic E-state index is -0.650. The summed E-state index contributed by atoms with van der Waals surface area (Å²) in [6.07, 6.45) is 0.511. The number of hydrogen-bond donors (Lipinski definition) is 1. The molecule has 1 aliphatic heterocycles. The molecule has 0 radical (unpaired) electrons. The van der Waals surface area contributed by atoms with Gasteiger partial charge in [-0.25, -0.2) is 4.39 Å². The van der Waals surface area contributed by atoms with Crippen LogP contribution >= 0.6 is 0 Å². The van der Waals surface area contributed by atoms with E-state index in [1.807, 2.05) is 6.07 Å². The van der Waals surface area contributed by atoms with Crippen LogP contribution in [0.3, 0.4) is 0 Å². The van der Waals surface area contributed by atoms with Gasteiger partial charge in [-0.15, -0.1) is 0 Å². The van der Waals surface area contributed by atoms with Crippen molar-refractivity contribution >= 4 is 5.69 Å². The molecule has 1 aromatic carbocycles. The zero-order chi connectivity index (χ0) is 15.6. The van der Waals surface area contributed by atoms with Gasteiger partial charge in [-0.1, -0.05) is 6.92 Å². The monoisotopic (exact) mass is 294 g/mol. The average molecular weight is 294 g/mol. The predicted octanol–water partition coefficient (Wildman–Crippen LogP) is 3.11. The fourth-order valence-corrected chi connectivity index (χ4v) is 2.95. The Kier molecular flexibility index (Phi) is 5.22. The van der Waals surface area contributed by atoms with Gasteiger partial charge >= 0.3 is 0 Å². The molecule has 4 heteroatoms. The van der Waals surface area contributed by atoms with Crippen molar-refractivity contribution in [2.75, 3.05) is 31.1 Å². The van der Waals surface area contributed by atoms with Crippen LogP contribution in [-0.4, -0.2) is 42.2 Å². The summed E-state index contributed by atoms with van der Waals surface area (Å²) in [5.74, 6) is -0.243. The highest BCUT2D eigenvalue weighted by Gasteiger charge is 2.23. The van der Waals surface area contributed by atoms with Gasteiger partial charge in [0.1, 0.15) is 5.82 Å². The molecule has 0 saturated carbocycles. The molecule has 1 aromatic rings. The number of aliphatic hydroxyl groups is 1. The van der Waals surface area contributed by atoms with Gasteiger partial charge in [0.15, 0.2) is 0 Å². The van der Waals surface area contributed by atoms with E-state index in [4.69, 9.17) is 0 Å². The second-order valence-electron chi connectivity index (χ2n) is 6.12. The molecule has 3 nitrogen and oxygen atoms in total. The second kappa shape index (κ2) is 6.75. The van der Waals surface area contributed by atoms with Gasteiger partial charge in [0.25, 0.3) is 0 Å². The van der Waals surface area contributed by atoms with Crippen molar-refractivity contribution in [3.63, 3.8) is 0 Å². The molecule has 1 saturated heterocycles. The third-order valence-corrected chi connectivity index (χ3v) is 4.63. The highest BCUT2D eigenvalue weighted by atomic mass is 19.1. The van der Waals surface area contributed by atoms with Gasteiger partial charge in [0.2, 0.25) is 0 Å². The number of nitrogens with zero attached hydrogens (tertiary/aromatic N) is 2. The van der Waals surface area contributed by atoms with Gasteiger partial charge in [-0.3, -0.25) is 4.90 Å². The standard InChI is InChI=1S/C17H27FN2O/c1-5-13(3)19-6-8-20(9-7-19)17-10-12(2)16(18)11-15(17)14(4)21/h10-11,13-14,21H,5-9H2,1-4H3/t13?,14-/m1/s1. The Morgan fingerprint density at radius 3 is 2.33 bits per heavy atom. The summed E-state index contributed by atoms with van der Waals surface area (Å²) < 4.78 is 13.8. The van der Waals surface area contributed by atoms with Crippen molar-refractivity contribution in [1.82, 2.24) is 4.90 Å². The van der Waals surface area contributed by atoms with Crippen LogP contribution in [-0.2, 0) is 0 Å². The average Bonchev–Trinajstić information content (AvgIpc) is 2.48. The van der Waals surface area contributed by atoms with E-state index >= 15 is 0 Å². The quantitative estimate of drug-likeness (QED) is 0.924. The summed E-state index contributed by atoms with van der Waals surface area (Å²) in [5, 5.41) is 9.93. The lowest BCUT2D eigenvalue weighted by Crippen LogP contribution is -2.49. The minimum absolute atomic E-state index is 0.243. The summed E-state index contributed by atoms with van der Waals surface area (Å²) in [4.78, 5) is 4.77. The molecule has 2 rings (SSSR count). The predicted molar refractivity (Wildman–Crippen MR) is 85.3 cm³/mol. The first kappa shape index (κ1) is 16.2. The number of rotatable bonds is 4. The van der Waals surface area contributed by atoms with E-state index in [0.29, 0.717) is 17.2 Å². The van der Waals surface area contributed by atoms with E-state index in [-0.39, 0.29) is 5.82 Å². The molecular formula is C17H27FN2O. The first-order valence-electron chi connectivity index (χ1n) is 7.91. The van der Waals surface area contributed by atoms with Crippen LogP contribution in [0, 0.1) is 12.7 Å². The number of aliphatic hydroxyl groups excluding tert-OH is 1. The lowest BCUT2D eigenvalue weighted by molar-refractivity contribution is 0.188. The van der Waals surface area contributed by atoms with Crippen LogP contribution in [0.2, 0.25) is 0 Å². The maximum atomic E-state index is 13.8. The molecule has 0 bridgehead atoms. The number of aryl methyl sites for hydroxylation is 1. The molecule has 1 unspecified atom stereocenters. The Labute approximate surface area is 127 Å². The molecule has 1 N–H and O–H groups in total. The van der Waals surface area contributed by atoms with Crippen LogP contribution in [0.1, 0.15) is 44.4 Å². The number of halogens is 1. The lowest BCUT2D eigenvalue weighted by Gasteiger charge is -2.40. The van der Waals surface area contributed by atoms with Crippen molar-refractivity contribution in [3.05, 3.63) is 29.1 Å². The van der Waals surface area contributed by atoms with Gasteiger partial charge in [0, 0.05) is 43.5 Å². The summed E-state index contributed by atoms with van der Waals surface area (Å²) in [7, 11) is 0. The van der Waals surface area contributed by atoms with Crippen molar-refractivity contribution in [1.29, 1.82) is 0 Å². The molecule has 21 heavy (non-hydrogen) atoms. The number of piperazine rings is 1. The van der Waals surface area contributed by atoms with Crippen LogP contribution in [0.4, 0.5) is 10.1 Å². The Morgan fingerprint density at radius 2 is 1.81 bits per heavy atom. The highest BCUT2D eigenvalue weighted by molar-refractivity contribution is 5.57. The van der Waals surface area contributed by atoms with Crippen molar-refractivity contribution in [2.45, 2.75) is 46.3 Å². The maximum Gasteiger partial charge on any atom is 0.126 e. The van der Waals surface area contributed by atoms with E-state index in [1.54, 1.807) is 13.8 Å². The Morgan fingerprint density at radius 1 is 1.19 bits per heavy atom. The molecular weight excluding hydrogens is 267 g/mol. The highest BCUT2D eigenvalue weighted by Crippen LogP contribution is 2.30. The van der Waals surface area contributed by atoms with Crippen LogP contribution in [0.15, 0.2) is 12.1 Å². The molecule has 0 aromatic heterocycles.